The molecule has 118 valence electrons. The van der Waals surface area contributed by atoms with Crippen LogP contribution in [0.25, 0.3) is 0 Å². The predicted octanol–water partition coefficient (Wildman–Crippen LogP) is 0.341. The Morgan fingerprint density at radius 2 is 2.14 bits per heavy atom. The van der Waals surface area contributed by atoms with E-state index in [1.807, 2.05) is 13.8 Å². The zero-order chi connectivity index (χ0) is 15.8. The summed E-state index contributed by atoms with van der Waals surface area (Å²) in [6, 6.07) is 0. The maximum Gasteiger partial charge on any atom is 0.313 e. The second kappa shape index (κ2) is 8.63. The second-order valence-corrected chi connectivity index (χ2v) is 5.55. The molecule has 0 unspecified atom stereocenters. The Kier molecular flexibility index (Phi) is 7.17. The molecule has 8 nitrogen and oxygen atoms in total. The molecule has 1 rings (SSSR count). The fourth-order valence-corrected chi connectivity index (χ4v) is 2.27. The summed E-state index contributed by atoms with van der Waals surface area (Å²) in [5.74, 6) is -0.508. The Morgan fingerprint density at radius 1 is 1.43 bits per heavy atom. The lowest BCUT2D eigenvalue weighted by atomic mass is 10.2. The first-order valence-corrected chi connectivity index (χ1v) is 7.47. The lowest BCUT2D eigenvalue weighted by Gasteiger charge is -2.11. The molecule has 0 spiro atoms. The number of thioether (sulfide) groups is 1. The number of amides is 1. The summed E-state index contributed by atoms with van der Waals surface area (Å²) in [5.41, 5.74) is 0. The van der Waals surface area contributed by atoms with Crippen molar-refractivity contribution in [2.75, 3.05) is 26.0 Å². The van der Waals surface area contributed by atoms with Crippen molar-refractivity contribution in [3.05, 3.63) is 5.82 Å². The molecule has 2 N–H and O–H groups in total. The van der Waals surface area contributed by atoms with Crippen LogP contribution >= 0.6 is 11.8 Å². The lowest BCUT2D eigenvalue weighted by molar-refractivity contribution is -0.133. The van der Waals surface area contributed by atoms with Gasteiger partial charge in [0, 0.05) is 19.6 Å². The smallest absolute Gasteiger partial charge is 0.313 e. The second-order valence-electron chi connectivity index (χ2n) is 4.61. The van der Waals surface area contributed by atoms with E-state index in [0.29, 0.717) is 24.1 Å². The number of nitrogens with zero attached hydrogens (tertiary/aromatic N) is 3. The summed E-state index contributed by atoms with van der Waals surface area (Å²) < 4.78 is 6.52. The Labute approximate surface area is 127 Å². The largest absolute Gasteiger partial charge is 0.481 e. The zero-order valence-corrected chi connectivity index (χ0v) is 13.1. The Balaban J connectivity index is 2.78. The molecule has 0 saturated heterocycles. The Bertz CT molecular complexity index is 490. The minimum absolute atomic E-state index is 0.0617. The molecule has 1 aromatic rings. The molecule has 0 bridgehead atoms. The molecule has 0 aliphatic heterocycles. The molecule has 0 aliphatic carbocycles. The third-order valence-electron chi connectivity index (χ3n) is 2.52. The number of methoxy groups -OCH3 is 1. The summed E-state index contributed by atoms with van der Waals surface area (Å²) in [7, 11) is 1.56. The number of ether oxygens (including phenoxy) is 1. The Morgan fingerprint density at radius 3 is 2.71 bits per heavy atom. The van der Waals surface area contributed by atoms with Crippen molar-refractivity contribution >= 4 is 23.6 Å². The van der Waals surface area contributed by atoms with Crippen LogP contribution < -0.4 is 5.32 Å². The maximum atomic E-state index is 11.9. The van der Waals surface area contributed by atoms with Crippen LogP contribution in [0.5, 0.6) is 0 Å². The molecular formula is C12H20N4O4S. The third kappa shape index (κ3) is 5.72. The van der Waals surface area contributed by atoms with E-state index < -0.39 is 5.97 Å². The molecule has 21 heavy (non-hydrogen) atoms. The Hall–Kier alpha value is -1.61. The summed E-state index contributed by atoms with van der Waals surface area (Å²) in [5, 5.41) is 19.9. The maximum absolute atomic E-state index is 11.9. The molecule has 0 atom stereocenters. The van der Waals surface area contributed by atoms with Gasteiger partial charge in [0.1, 0.15) is 12.4 Å². The van der Waals surface area contributed by atoms with Gasteiger partial charge in [-0.15, -0.1) is 10.2 Å². The molecule has 0 saturated carbocycles. The average molecular weight is 316 g/mol. The van der Waals surface area contributed by atoms with Gasteiger partial charge in [-0.2, -0.15) is 0 Å². The minimum atomic E-state index is -0.940. The van der Waals surface area contributed by atoms with Crippen molar-refractivity contribution in [2.45, 2.75) is 31.5 Å². The van der Waals surface area contributed by atoms with Gasteiger partial charge in [0.05, 0.1) is 12.4 Å². The van der Waals surface area contributed by atoms with Crippen molar-refractivity contribution in [1.29, 1.82) is 0 Å². The average Bonchev–Trinajstić information content (AvgIpc) is 2.79. The predicted molar refractivity (Wildman–Crippen MR) is 77.4 cm³/mol. The number of hydrogen-bond acceptors (Lipinski definition) is 6. The lowest BCUT2D eigenvalue weighted by Crippen LogP contribution is -2.31. The number of carboxylic acids is 1. The van der Waals surface area contributed by atoms with Gasteiger partial charge in [0.2, 0.25) is 5.91 Å². The van der Waals surface area contributed by atoms with Gasteiger partial charge in [0.25, 0.3) is 0 Å². The fourth-order valence-electron chi connectivity index (χ4n) is 1.60. The normalized spacial score (nSPS) is 10.9. The highest BCUT2D eigenvalue weighted by molar-refractivity contribution is 7.99. The van der Waals surface area contributed by atoms with Crippen LogP contribution in [0, 0.1) is 0 Å². The van der Waals surface area contributed by atoms with Crippen molar-refractivity contribution in [2.24, 2.45) is 0 Å². The number of nitrogens with one attached hydrogen (secondary N) is 1. The van der Waals surface area contributed by atoms with Crippen molar-refractivity contribution in [1.82, 2.24) is 20.1 Å². The minimum Gasteiger partial charge on any atom is -0.481 e. The van der Waals surface area contributed by atoms with Crippen LogP contribution in [0.15, 0.2) is 5.16 Å². The van der Waals surface area contributed by atoms with E-state index in [0.717, 1.165) is 11.8 Å². The number of aliphatic carboxylic acids is 1. The van der Waals surface area contributed by atoms with Crippen LogP contribution in [-0.2, 0) is 20.9 Å². The molecule has 1 aromatic heterocycles. The molecule has 0 aliphatic rings. The first-order valence-electron chi connectivity index (χ1n) is 6.49. The quantitative estimate of drug-likeness (QED) is 0.500. The highest BCUT2D eigenvalue weighted by atomic mass is 32.2. The summed E-state index contributed by atoms with van der Waals surface area (Å²) in [4.78, 5) is 22.5. The van der Waals surface area contributed by atoms with Gasteiger partial charge in [-0.25, -0.2) is 0 Å². The molecule has 1 amide bonds. The summed E-state index contributed by atoms with van der Waals surface area (Å²) in [6.07, 6.45) is 0. The van der Waals surface area contributed by atoms with E-state index in [1.165, 1.54) is 0 Å². The van der Waals surface area contributed by atoms with Gasteiger partial charge < -0.3 is 15.2 Å². The van der Waals surface area contributed by atoms with Crippen LogP contribution in [0.4, 0.5) is 0 Å². The molecule has 9 heteroatoms. The van der Waals surface area contributed by atoms with E-state index in [-0.39, 0.29) is 24.1 Å². The summed E-state index contributed by atoms with van der Waals surface area (Å²) >= 11 is 1.05. The van der Waals surface area contributed by atoms with E-state index in [2.05, 4.69) is 15.5 Å². The third-order valence-corrected chi connectivity index (χ3v) is 3.47. The van der Waals surface area contributed by atoms with Crippen LogP contribution in [0.1, 0.15) is 25.6 Å². The monoisotopic (exact) mass is 316 g/mol. The number of carbonyl (C=O) groups is 2. The molecule has 0 fully saturated rings. The SMILES string of the molecule is COCCNC(=O)Cn1c(SCC(=O)O)nnc1C(C)C. The van der Waals surface area contributed by atoms with Gasteiger partial charge >= 0.3 is 5.97 Å². The number of rotatable bonds is 9. The van der Waals surface area contributed by atoms with Gasteiger partial charge in [-0.3, -0.25) is 14.2 Å². The first kappa shape index (κ1) is 17.4. The molecule has 0 aromatic carbocycles. The van der Waals surface area contributed by atoms with E-state index in [1.54, 1.807) is 11.7 Å². The number of carbonyl (C=O) groups excluding carboxylic acids is 1. The number of aromatic nitrogens is 3. The highest BCUT2D eigenvalue weighted by Gasteiger charge is 2.18. The van der Waals surface area contributed by atoms with Crippen molar-refractivity contribution in [3.8, 4) is 0 Å². The molecule has 0 radical (unpaired) electrons. The zero-order valence-electron chi connectivity index (χ0n) is 12.3. The van der Waals surface area contributed by atoms with Crippen molar-refractivity contribution < 1.29 is 19.4 Å². The van der Waals surface area contributed by atoms with E-state index in [9.17, 15) is 9.59 Å². The van der Waals surface area contributed by atoms with Gasteiger partial charge in [-0.1, -0.05) is 25.6 Å². The van der Waals surface area contributed by atoms with E-state index in [4.69, 9.17) is 9.84 Å². The van der Waals surface area contributed by atoms with Crippen LogP contribution in [0.3, 0.4) is 0 Å². The van der Waals surface area contributed by atoms with E-state index >= 15 is 0 Å². The van der Waals surface area contributed by atoms with Gasteiger partial charge in [0.15, 0.2) is 5.16 Å². The van der Waals surface area contributed by atoms with Crippen LogP contribution in [0.2, 0.25) is 0 Å². The molecule has 1 heterocycles. The van der Waals surface area contributed by atoms with Crippen LogP contribution in [-0.4, -0.2) is 57.8 Å². The standard InChI is InChI=1S/C12H20N4O4S/c1-8(2)11-14-15-12(21-7-10(18)19)16(11)6-9(17)13-4-5-20-3/h8H,4-7H2,1-3H3,(H,13,17)(H,18,19). The fraction of sp³-hybridized carbons (Fsp3) is 0.667. The molecular weight excluding hydrogens is 296 g/mol. The highest BCUT2D eigenvalue weighted by Crippen LogP contribution is 2.21. The number of hydrogen-bond donors (Lipinski definition) is 2. The topological polar surface area (TPSA) is 106 Å². The van der Waals surface area contributed by atoms with Crippen molar-refractivity contribution in [3.63, 3.8) is 0 Å². The summed E-state index contributed by atoms with van der Waals surface area (Å²) in [6.45, 7) is 4.80. The number of carboxylic acid groups (broad SMARTS) is 1. The first-order chi connectivity index (χ1) is 9.95. The van der Waals surface area contributed by atoms with Gasteiger partial charge in [-0.05, 0) is 0 Å².